The predicted molar refractivity (Wildman–Crippen MR) is 74.5 cm³/mol. The Hall–Kier alpha value is -1.00. The summed E-state index contributed by atoms with van der Waals surface area (Å²) >= 11 is 1.88. The summed E-state index contributed by atoms with van der Waals surface area (Å²) in [5, 5.41) is 5.85. The quantitative estimate of drug-likeness (QED) is 0.728. The molecule has 0 spiro atoms. The van der Waals surface area contributed by atoms with E-state index in [0.29, 0.717) is 6.54 Å². The molecule has 0 aliphatic heterocycles. The van der Waals surface area contributed by atoms with Crippen LogP contribution in [0.25, 0.3) is 0 Å². The molecule has 3 nitrogen and oxygen atoms in total. The molecular formula is C13H20N2OS. The van der Waals surface area contributed by atoms with Crippen LogP contribution in [0.2, 0.25) is 0 Å². The summed E-state index contributed by atoms with van der Waals surface area (Å²) in [5.41, 5.74) is 2.00. The van der Waals surface area contributed by atoms with Crippen LogP contribution in [0.5, 0.6) is 0 Å². The van der Waals surface area contributed by atoms with E-state index in [9.17, 15) is 4.79 Å². The molecular weight excluding hydrogens is 232 g/mol. The van der Waals surface area contributed by atoms with Crippen LogP contribution in [0.1, 0.15) is 22.8 Å². The van der Waals surface area contributed by atoms with E-state index in [-0.39, 0.29) is 5.91 Å². The smallest absolute Gasteiger partial charge is 0.251 e. The second-order valence-electron chi connectivity index (χ2n) is 3.69. The van der Waals surface area contributed by atoms with E-state index in [1.165, 1.54) is 5.56 Å². The fourth-order valence-electron chi connectivity index (χ4n) is 1.38. The van der Waals surface area contributed by atoms with E-state index in [1.807, 2.05) is 43.1 Å². The van der Waals surface area contributed by atoms with Gasteiger partial charge in [-0.05, 0) is 30.5 Å². The summed E-state index contributed by atoms with van der Waals surface area (Å²) in [4.78, 5) is 11.7. The molecule has 4 heteroatoms. The van der Waals surface area contributed by atoms with Gasteiger partial charge >= 0.3 is 0 Å². The average molecular weight is 252 g/mol. The number of hydrogen-bond donors (Lipinski definition) is 2. The summed E-state index contributed by atoms with van der Waals surface area (Å²) < 4.78 is 0. The predicted octanol–water partition coefficient (Wildman–Crippen LogP) is 1.89. The summed E-state index contributed by atoms with van der Waals surface area (Å²) in [7, 11) is 1.87. The molecule has 94 valence electrons. The van der Waals surface area contributed by atoms with Crippen LogP contribution in [0, 0.1) is 0 Å². The monoisotopic (exact) mass is 252 g/mol. The number of hydrogen-bond acceptors (Lipinski definition) is 3. The van der Waals surface area contributed by atoms with Gasteiger partial charge in [0.15, 0.2) is 0 Å². The summed E-state index contributed by atoms with van der Waals surface area (Å²) in [6.45, 7) is 3.59. The van der Waals surface area contributed by atoms with Crippen molar-refractivity contribution in [2.45, 2.75) is 12.7 Å². The van der Waals surface area contributed by atoms with Crippen LogP contribution < -0.4 is 10.6 Å². The number of rotatable bonds is 7. The highest BCUT2D eigenvalue weighted by molar-refractivity contribution is 7.98. The highest BCUT2D eigenvalue weighted by Crippen LogP contribution is 2.12. The second-order valence-corrected chi connectivity index (χ2v) is 4.97. The number of benzene rings is 1. The Morgan fingerprint density at radius 2 is 1.94 bits per heavy atom. The van der Waals surface area contributed by atoms with Gasteiger partial charge in [0, 0.05) is 24.4 Å². The van der Waals surface area contributed by atoms with E-state index < -0.39 is 0 Å². The number of carbonyl (C=O) groups excluding carboxylic acids is 1. The topological polar surface area (TPSA) is 41.1 Å². The Kier molecular flexibility index (Phi) is 6.74. The number of likely N-dealkylation sites (N-methyl/N-ethyl adjacent to an activating group) is 1. The normalized spacial score (nSPS) is 10.2. The standard InChI is InChI=1S/C13H20N2OS/c1-3-17-10-11-4-6-12(7-5-11)13(16)15-9-8-14-2/h4-7,14H,3,8-10H2,1-2H3,(H,15,16). The van der Waals surface area contributed by atoms with Gasteiger partial charge in [-0.3, -0.25) is 4.79 Å². The Morgan fingerprint density at radius 1 is 1.24 bits per heavy atom. The molecule has 0 heterocycles. The van der Waals surface area contributed by atoms with E-state index in [0.717, 1.165) is 23.6 Å². The highest BCUT2D eigenvalue weighted by atomic mass is 32.2. The zero-order valence-electron chi connectivity index (χ0n) is 10.5. The molecule has 1 rings (SSSR count). The summed E-state index contributed by atoms with van der Waals surface area (Å²) in [6.07, 6.45) is 0. The molecule has 0 radical (unpaired) electrons. The zero-order chi connectivity index (χ0) is 12.5. The molecule has 0 aliphatic rings. The Bertz CT molecular complexity index is 338. The fourth-order valence-corrected chi connectivity index (χ4v) is 2.01. The van der Waals surface area contributed by atoms with Crippen molar-refractivity contribution in [2.75, 3.05) is 25.9 Å². The highest BCUT2D eigenvalue weighted by Gasteiger charge is 2.03. The van der Waals surface area contributed by atoms with Gasteiger partial charge in [-0.2, -0.15) is 11.8 Å². The molecule has 17 heavy (non-hydrogen) atoms. The molecule has 2 N–H and O–H groups in total. The van der Waals surface area contributed by atoms with Crippen molar-refractivity contribution in [2.24, 2.45) is 0 Å². The maximum Gasteiger partial charge on any atom is 0.251 e. The number of thioether (sulfide) groups is 1. The molecule has 0 aromatic heterocycles. The Labute approximate surface area is 107 Å². The molecule has 0 saturated carbocycles. The average Bonchev–Trinajstić information content (AvgIpc) is 2.37. The minimum atomic E-state index is -0.00468. The molecule has 1 amide bonds. The van der Waals surface area contributed by atoms with Crippen molar-refractivity contribution in [1.29, 1.82) is 0 Å². The van der Waals surface area contributed by atoms with E-state index in [4.69, 9.17) is 0 Å². The molecule has 0 unspecified atom stereocenters. The van der Waals surface area contributed by atoms with Gasteiger partial charge < -0.3 is 10.6 Å². The van der Waals surface area contributed by atoms with Gasteiger partial charge in [-0.25, -0.2) is 0 Å². The molecule has 1 aromatic carbocycles. The first-order valence-corrected chi connectivity index (χ1v) is 7.03. The van der Waals surface area contributed by atoms with E-state index in [1.54, 1.807) is 0 Å². The molecule has 0 aliphatic carbocycles. The lowest BCUT2D eigenvalue weighted by molar-refractivity contribution is 0.0954. The lowest BCUT2D eigenvalue weighted by Crippen LogP contribution is -2.30. The largest absolute Gasteiger partial charge is 0.351 e. The van der Waals surface area contributed by atoms with E-state index in [2.05, 4.69) is 17.6 Å². The maximum atomic E-state index is 11.7. The van der Waals surface area contributed by atoms with Gasteiger partial charge in [0.2, 0.25) is 0 Å². The molecule has 0 fully saturated rings. The lowest BCUT2D eigenvalue weighted by Gasteiger charge is -2.05. The van der Waals surface area contributed by atoms with Crippen molar-refractivity contribution < 1.29 is 4.79 Å². The first kappa shape index (κ1) is 14.1. The van der Waals surface area contributed by atoms with Crippen molar-refractivity contribution in [3.8, 4) is 0 Å². The Morgan fingerprint density at radius 3 is 2.53 bits per heavy atom. The molecule has 1 aromatic rings. The second kappa shape index (κ2) is 8.14. The van der Waals surface area contributed by atoms with Crippen LogP contribution in [0.3, 0.4) is 0 Å². The van der Waals surface area contributed by atoms with Crippen molar-refractivity contribution >= 4 is 17.7 Å². The Balaban J connectivity index is 2.46. The van der Waals surface area contributed by atoms with Crippen molar-refractivity contribution in [3.05, 3.63) is 35.4 Å². The first-order valence-electron chi connectivity index (χ1n) is 5.87. The summed E-state index contributed by atoms with van der Waals surface area (Å²) in [5.74, 6) is 2.12. The number of carbonyl (C=O) groups is 1. The third-order valence-electron chi connectivity index (χ3n) is 2.35. The van der Waals surface area contributed by atoms with Crippen LogP contribution in [0.15, 0.2) is 24.3 Å². The minimum absolute atomic E-state index is 0.00468. The van der Waals surface area contributed by atoms with E-state index >= 15 is 0 Å². The SMILES string of the molecule is CCSCc1ccc(C(=O)NCCNC)cc1. The third-order valence-corrected chi connectivity index (χ3v) is 3.30. The number of nitrogens with one attached hydrogen (secondary N) is 2. The number of amides is 1. The third kappa shape index (κ3) is 5.24. The maximum absolute atomic E-state index is 11.7. The van der Waals surface area contributed by atoms with Gasteiger partial charge in [0.25, 0.3) is 5.91 Å². The minimum Gasteiger partial charge on any atom is -0.351 e. The van der Waals surface area contributed by atoms with Crippen LogP contribution in [-0.4, -0.2) is 31.8 Å². The van der Waals surface area contributed by atoms with Crippen LogP contribution >= 0.6 is 11.8 Å². The van der Waals surface area contributed by atoms with Crippen LogP contribution in [-0.2, 0) is 5.75 Å². The fraction of sp³-hybridized carbons (Fsp3) is 0.462. The van der Waals surface area contributed by atoms with Crippen molar-refractivity contribution in [3.63, 3.8) is 0 Å². The van der Waals surface area contributed by atoms with Gasteiger partial charge in [0.05, 0.1) is 0 Å². The lowest BCUT2D eigenvalue weighted by atomic mass is 10.1. The first-order chi connectivity index (χ1) is 8.27. The molecule has 0 atom stereocenters. The van der Waals surface area contributed by atoms with Gasteiger partial charge in [-0.15, -0.1) is 0 Å². The molecule has 0 bridgehead atoms. The van der Waals surface area contributed by atoms with Crippen LogP contribution in [0.4, 0.5) is 0 Å². The van der Waals surface area contributed by atoms with Gasteiger partial charge in [-0.1, -0.05) is 19.1 Å². The summed E-state index contributed by atoms with van der Waals surface area (Å²) in [6, 6.07) is 7.83. The van der Waals surface area contributed by atoms with Crippen molar-refractivity contribution in [1.82, 2.24) is 10.6 Å². The van der Waals surface area contributed by atoms with Gasteiger partial charge in [0.1, 0.15) is 0 Å². The molecule has 0 saturated heterocycles. The zero-order valence-corrected chi connectivity index (χ0v) is 11.3.